The molecule has 1 amide bonds. The van der Waals surface area contributed by atoms with Gasteiger partial charge in [0.2, 0.25) is 0 Å². The summed E-state index contributed by atoms with van der Waals surface area (Å²) in [7, 11) is 0. The highest BCUT2D eigenvalue weighted by molar-refractivity contribution is 7.24. The molecule has 0 saturated carbocycles. The molecule has 4 nitrogen and oxygen atoms in total. The number of halogens is 1. The number of likely N-dealkylation sites (tertiary alicyclic amines) is 1. The lowest BCUT2D eigenvalue weighted by Gasteiger charge is -2.23. The SMILES string of the molecule is Cc1nc(-c2ccc(Cl)s2)sc1C(=O)N1CCC2CCC(C1)N2. The number of thiazole rings is 1. The first kappa shape index (κ1) is 15.6. The van der Waals surface area contributed by atoms with Crippen LogP contribution in [0.15, 0.2) is 12.1 Å². The molecular weight excluding hydrogens is 350 g/mol. The number of rotatable bonds is 2. The minimum atomic E-state index is 0.128. The van der Waals surface area contributed by atoms with Crippen molar-refractivity contribution < 1.29 is 4.79 Å². The molecule has 2 bridgehead atoms. The zero-order valence-corrected chi connectivity index (χ0v) is 15.2. The summed E-state index contributed by atoms with van der Waals surface area (Å²) in [5.74, 6) is 0.128. The maximum Gasteiger partial charge on any atom is 0.265 e. The largest absolute Gasteiger partial charge is 0.336 e. The number of carbonyl (C=O) groups is 1. The Balaban J connectivity index is 1.57. The van der Waals surface area contributed by atoms with E-state index in [-0.39, 0.29) is 5.91 Å². The van der Waals surface area contributed by atoms with Crippen LogP contribution in [0.2, 0.25) is 4.34 Å². The van der Waals surface area contributed by atoms with E-state index in [1.807, 2.05) is 24.0 Å². The van der Waals surface area contributed by atoms with Gasteiger partial charge in [-0.1, -0.05) is 11.6 Å². The fraction of sp³-hybridized carbons (Fsp3) is 0.500. The minimum Gasteiger partial charge on any atom is -0.336 e. The Hall–Kier alpha value is -0.950. The van der Waals surface area contributed by atoms with Gasteiger partial charge in [0.05, 0.1) is 14.9 Å². The molecule has 0 radical (unpaired) electrons. The average Bonchev–Trinajstić information content (AvgIpc) is 3.18. The zero-order valence-electron chi connectivity index (χ0n) is 12.8. The fourth-order valence-electron chi connectivity index (χ4n) is 3.40. The normalized spacial score (nSPS) is 24.0. The molecule has 7 heteroatoms. The van der Waals surface area contributed by atoms with Gasteiger partial charge in [0.1, 0.15) is 9.88 Å². The van der Waals surface area contributed by atoms with E-state index in [1.54, 1.807) is 0 Å². The second kappa shape index (κ2) is 6.16. The Morgan fingerprint density at radius 1 is 1.30 bits per heavy atom. The number of hydrogen-bond acceptors (Lipinski definition) is 5. The predicted octanol–water partition coefficient (Wildman–Crippen LogP) is 3.80. The molecular formula is C16H18ClN3OS2. The molecule has 4 rings (SSSR count). The maximum atomic E-state index is 12.9. The highest BCUT2D eigenvalue weighted by atomic mass is 35.5. The smallest absolute Gasteiger partial charge is 0.265 e. The molecule has 2 saturated heterocycles. The van der Waals surface area contributed by atoms with Gasteiger partial charge in [-0.3, -0.25) is 4.79 Å². The lowest BCUT2D eigenvalue weighted by atomic mass is 10.1. The third-order valence-electron chi connectivity index (χ3n) is 4.59. The molecule has 1 N–H and O–H groups in total. The zero-order chi connectivity index (χ0) is 16.0. The average molecular weight is 368 g/mol. The van der Waals surface area contributed by atoms with Crippen LogP contribution in [-0.2, 0) is 0 Å². The lowest BCUT2D eigenvalue weighted by molar-refractivity contribution is 0.0752. The molecule has 122 valence electrons. The van der Waals surface area contributed by atoms with Crippen LogP contribution in [0.1, 0.15) is 34.6 Å². The van der Waals surface area contributed by atoms with E-state index >= 15 is 0 Å². The van der Waals surface area contributed by atoms with Gasteiger partial charge in [-0.15, -0.1) is 22.7 Å². The number of fused-ring (bicyclic) bond motifs is 2. The Morgan fingerprint density at radius 3 is 2.91 bits per heavy atom. The molecule has 2 aliphatic heterocycles. The van der Waals surface area contributed by atoms with Crippen LogP contribution in [0, 0.1) is 6.92 Å². The molecule has 2 aliphatic rings. The standard InChI is InChI=1S/C16H18ClN3OS2/c1-9-14(23-15(18-9)12-4-5-13(17)22-12)16(21)20-7-6-10-2-3-11(8-20)19-10/h4-5,10-11,19H,2-3,6-8H2,1H3. The van der Waals surface area contributed by atoms with E-state index in [4.69, 9.17) is 11.6 Å². The second-order valence-electron chi connectivity index (χ2n) is 6.22. The minimum absolute atomic E-state index is 0.128. The predicted molar refractivity (Wildman–Crippen MR) is 95.6 cm³/mol. The summed E-state index contributed by atoms with van der Waals surface area (Å²) in [5.41, 5.74) is 0.821. The van der Waals surface area contributed by atoms with Gasteiger partial charge in [0.15, 0.2) is 0 Å². The summed E-state index contributed by atoms with van der Waals surface area (Å²) in [6.45, 7) is 3.57. The van der Waals surface area contributed by atoms with Crippen molar-refractivity contribution in [3.63, 3.8) is 0 Å². The van der Waals surface area contributed by atoms with Gasteiger partial charge < -0.3 is 10.2 Å². The van der Waals surface area contributed by atoms with E-state index in [1.165, 1.54) is 35.5 Å². The topological polar surface area (TPSA) is 45.2 Å². The van der Waals surface area contributed by atoms with E-state index in [0.717, 1.165) is 44.3 Å². The van der Waals surface area contributed by atoms with Crippen LogP contribution in [-0.4, -0.2) is 41.0 Å². The van der Waals surface area contributed by atoms with Crippen molar-refractivity contribution >= 4 is 40.2 Å². The number of aromatic nitrogens is 1. The number of hydrogen-bond donors (Lipinski definition) is 1. The van der Waals surface area contributed by atoms with Gasteiger partial charge in [-0.2, -0.15) is 0 Å². The highest BCUT2D eigenvalue weighted by Crippen LogP contribution is 2.35. The van der Waals surface area contributed by atoms with E-state index in [2.05, 4.69) is 10.3 Å². The van der Waals surface area contributed by atoms with Crippen molar-refractivity contribution in [3.8, 4) is 9.88 Å². The van der Waals surface area contributed by atoms with Crippen molar-refractivity contribution in [1.82, 2.24) is 15.2 Å². The Labute approximate surface area is 148 Å². The fourth-order valence-corrected chi connectivity index (χ4v) is 5.53. The number of amides is 1. The maximum absolute atomic E-state index is 12.9. The Morgan fingerprint density at radius 2 is 2.13 bits per heavy atom. The molecule has 0 spiro atoms. The van der Waals surface area contributed by atoms with Crippen LogP contribution in [0.25, 0.3) is 9.88 Å². The molecule has 2 atom stereocenters. The molecule has 2 aromatic heterocycles. The first-order valence-corrected chi connectivity index (χ1v) is 9.89. The molecule has 23 heavy (non-hydrogen) atoms. The van der Waals surface area contributed by atoms with E-state index in [0.29, 0.717) is 12.1 Å². The van der Waals surface area contributed by atoms with Crippen molar-refractivity contribution in [2.45, 2.75) is 38.3 Å². The number of carbonyl (C=O) groups excluding carboxylic acids is 1. The van der Waals surface area contributed by atoms with Crippen LogP contribution in [0.5, 0.6) is 0 Å². The molecule has 2 unspecified atom stereocenters. The summed E-state index contributed by atoms with van der Waals surface area (Å²) in [5, 5.41) is 4.50. The summed E-state index contributed by atoms with van der Waals surface area (Å²) in [6.07, 6.45) is 3.47. The van der Waals surface area contributed by atoms with Crippen molar-refractivity contribution in [2.24, 2.45) is 0 Å². The van der Waals surface area contributed by atoms with Crippen molar-refractivity contribution in [3.05, 3.63) is 27.0 Å². The van der Waals surface area contributed by atoms with Crippen LogP contribution in [0.4, 0.5) is 0 Å². The quantitative estimate of drug-likeness (QED) is 0.878. The molecule has 0 aromatic carbocycles. The summed E-state index contributed by atoms with van der Waals surface area (Å²) in [4.78, 5) is 21.3. The highest BCUT2D eigenvalue weighted by Gasteiger charge is 2.32. The van der Waals surface area contributed by atoms with Gasteiger partial charge in [-0.05, 0) is 38.3 Å². The first-order valence-electron chi connectivity index (χ1n) is 7.88. The van der Waals surface area contributed by atoms with Crippen LogP contribution in [0.3, 0.4) is 0 Å². The molecule has 2 aromatic rings. The van der Waals surface area contributed by atoms with Crippen molar-refractivity contribution in [1.29, 1.82) is 0 Å². The lowest BCUT2D eigenvalue weighted by Crippen LogP contribution is -2.39. The Kier molecular flexibility index (Phi) is 4.17. The third-order valence-corrected chi connectivity index (χ3v) is 7.13. The van der Waals surface area contributed by atoms with E-state index in [9.17, 15) is 4.79 Å². The summed E-state index contributed by atoms with van der Waals surface area (Å²) >= 11 is 8.99. The summed E-state index contributed by atoms with van der Waals surface area (Å²) < 4.78 is 0.746. The Bertz CT molecular complexity index is 742. The number of aryl methyl sites for hydroxylation is 1. The monoisotopic (exact) mass is 367 g/mol. The second-order valence-corrected chi connectivity index (χ2v) is 8.93. The number of nitrogens with zero attached hydrogens (tertiary/aromatic N) is 2. The van der Waals surface area contributed by atoms with Crippen molar-refractivity contribution in [2.75, 3.05) is 13.1 Å². The number of thiophene rings is 1. The van der Waals surface area contributed by atoms with Crippen LogP contribution >= 0.6 is 34.3 Å². The molecule has 0 aliphatic carbocycles. The van der Waals surface area contributed by atoms with Gasteiger partial charge in [0.25, 0.3) is 5.91 Å². The van der Waals surface area contributed by atoms with Crippen LogP contribution < -0.4 is 5.32 Å². The van der Waals surface area contributed by atoms with Gasteiger partial charge in [0, 0.05) is 25.2 Å². The summed E-state index contributed by atoms with van der Waals surface area (Å²) in [6, 6.07) is 4.88. The third kappa shape index (κ3) is 3.05. The van der Waals surface area contributed by atoms with Gasteiger partial charge >= 0.3 is 0 Å². The molecule has 2 fully saturated rings. The molecule has 4 heterocycles. The van der Waals surface area contributed by atoms with Gasteiger partial charge in [-0.25, -0.2) is 4.98 Å². The first-order chi connectivity index (χ1) is 11.1. The number of nitrogens with one attached hydrogen (secondary N) is 1. The van der Waals surface area contributed by atoms with E-state index < -0.39 is 0 Å².